The number of benzene rings is 5. The van der Waals surface area contributed by atoms with Gasteiger partial charge in [-0.25, -0.2) is 19.9 Å². The number of nitrogens with zero attached hydrogens (tertiary/aromatic N) is 5. The van der Waals surface area contributed by atoms with Crippen molar-refractivity contribution in [3.8, 4) is 50.8 Å². The summed E-state index contributed by atoms with van der Waals surface area (Å²) in [6.07, 6.45) is 3.59. The first-order valence-corrected chi connectivity index (χ1v) is 16.9. The van der Waals surface area contributed by atoms with Gasteiger partial charge in [-0.15, -0.1) is 0 Å². The lowest BCUT2D eigenvalue weighted by molar-refractivity contribution is 0.607. The molecule has 7 nitrogen and oxygen atoms in total. The van der Waals surface area contributed by atoms with Crippen LogP contribution < -0.4 is 0 Å². The lowest BCUT2D eigenvalue weighted by Gasteiger charge is -2.09. The van der Waals surface area contributed by atoms with Gasteiger partial charge in [-0.2, -0.15) is 0 Å². The van der Waals surface area contributed by atoms with Gasteiger partial charge in [0.1, 0.15) is 11.0 Å². The summed E-state index contributed by atoms with van der Waals surface area (Å²) in [5.41, 5.74) is 14.5. The van der Waals surface area contributed by atoms with Gasteiger partial charge in [-0.05, 0) is 120 Å². The predicted octanol–water partition coefficient (Wildman–Crippen LogP) is 11.1. The van der Waals surface area contributed by atoms with E-state index in [-0.39, 0.29) is 0 Å². The Morgan fingerprint density at radius 1 is 0.451 bits per heavy atom. The van der Waals surface area contributed by atoms with E-state index in [9.17, 15) is 0 Å². The van der Waals surface area contributed by atoms with Crippen molar-refractivity contribution in [2.45, 2.75) is 13.8 Å². The SMILES string of the molecule is Cc1cnc2oc(-c3ccc(-c4ccc5c(c4)c4cc(-c6ccc(-c7nc8cc(C)cnc8o7)cc6)ccc4n5-c4ccccc4)cc3)nc2c1. The highest BCUT2D eigenvalue weighted by atomic mass is 16.4. The molecule has 5 aromatic carbocycles. The number of hydrogen-bond acceptors (Lipinski definition) is 6. The number of para-hydroxylation sites is 1. The monoisotopic (exact) mass is 659 g/mol. The maximum Gasteiger partial charge on any atom is 0.247 e. The first-order valence-electron chi connectivity index (χ1n) is 16.9. The third-order valence-corrected chi connectivity index (χ3v) is 9.48. The molecule has 0 amide bonds. The molecule has 51 heavy (non-hydrogen) atoms. The molecule has 0 radical (unpaired) electrons. The minimum atomic E-state index is 0.547. The highest BCUT2D eigenvalue weighted by Crippen LogP contribution is 2.38. The molecule has 10 aromatic rings. The van der Waals surface area contributed by atoms with Crippen molar-refractivity contribution in [3.05, 3.63) is 151 Å². The fourth-order valence-corrected chi connectivity index (χ4v) is 6.94. The molecule has 0 unspecified atom stereocenters. The van der Waals surface area contributed by atoms with Gasteiger partial charge in [0.2, 0.25) is 23.2 Å². The van der Waals surface area contributed by atoms with Crippen LogP contribution in [-0.4, -0.2) is 24.5 Å². The van der Waals surface area contributed by atoms with Crippen LogP contribution in [0.5, 0.6) is 0 Å². The minimum absolute atomic E-state index is 0.547. The van der Waals surface area contributed by atoms with Crippen LogP contribution in [0.1, 0.15) is 11.1 Å². The van der Waals surface area contributed by atoms with E-state index < -0.39 is 0 Å². The summed E-state index contributed by atoms with van der Waals surface area (Å²) >= 11 is 0. The van der Waals surface area contributed by atoms with Crippen molar-refractivity contribution in [2.24, 2.45) is 0 Å². The maximum absolute atomic E-state index is 5.96. The molecule has 0 spiro atoms. The Morgan fingerprint density at radius 2 is 0.882 bits per heavy atom. The van der Waals surface area contributed by atoms with Gasteiger partial charge in [-0.3, -0.25) is 0 Å². The van der Waals surface area contributed by atoms with E-state index in [1.807, 2.05) is 26.0 Å². The molecule has 10 rings (SSSR count). The van der Waals surface area contributed by atoms with E-state index in [4.69, 9.17) is 8.83 Å². The zero-order valence-electron chi connectivity index (χ0n) is 27.8. The van der Waals surface area contributed by atoms with Crippen molar-refractivity contribution in [2.75, 3.05) is 0 Å². The van der Waals surface area contributed by atoms with E-state index in [0.717, 1.165) is 72.3 Å². The van der Waals surface area contributed by atoms with Crippen LogP contribution in [0.15, 0.2) is 149 Å². The summed E-state index contributed by atoms with van der Waals surface area (Å²) in [7, 11) is 0. The fraction of sp³-hybridized carbons (Fsp3) is 0.0455. The van der Waals surface area contributed by atoms with Crippen molar-refractivity contribution >= 4 is 44.3 Å². The van der Waals surface area contributed by atoms with Crippen LogP contribution in [0.25, 0.3) is 95.1 Å². The quantitative estimate of drug-likeness (QED) is 0.183. The van der Waals surface area contributed by atoms with Crippen LogP contribution in [0.2, 0.25) is 0 Å². The summed E-state index contributed by atoms with van der Waals surface area (Å²) in [5, 5.41) is 2.37. The average molecular weight is 660 g/mol. The third-order valence-electron chi connectivity index (χ3n) is 9.48. The molecule has 242 valence electrons. The first-order chi connectivity index (χ1) is 25.0. The van der Waals surface area contributed by atoms with Gasteiger partial charge in [0.25, 0.3) is 0 Å². The molecule has 0 bridgehead atoms. The zero-order valence-corrected chi connectivity index (χ0v) is 27.8. The highest BCUT2D eigenvalue weighted by Gasteiger charge is 2.16. The van der Waals surface area contributed by atoms with Crippen LogP contribution in [-0.2, 0) is 0 Å². The Balaban J connectivity index is 1.05. The second-order valence-electron chi connectivity index (χ2n) is 13.0. The number of fused-ring (bicyclic) bond motifs is 5. The topological polar surface area (TPSA) is 82.8 Å². The maximum atomic E-state index is 5.96. The molecule has 5 heterocycles. The molecule has 7 heteroatoms. The Morgan fingerprint density at radius 3 is 1.35 bits per heavy atom. The summed E-state index contributed by atoms with van der Waals surface area (Å²) in [4.78, 5) is 18.1. The zero-order chi connectivity index (χ0) is 34.1. The summed E-state index contributed by atoms with van der Waals surface area (Å²) < 4.78 is 14.3. The highest BCUT2D eigenvalue weighted by molar-refractivity contribution is 6.11. The second kappa shape index (κ2) is 11.4. The minimum Gasteiger partial charge on any atom is -0.418 e. The van der Waals surface area contributed by atoms with Crippen molar-refractivity contribution in [1.82, 2.24) is 24.5 Å². The number of hydrogen-bond donors (Lipinski definition) is 0. The average Bonchev–Trinajstić information content (AvgIpc) is 3.88. The Labute approximate surface area is 292 Å². The first kappa shape index (κ1) is 29.1. The molecule has 0 aliphatic heterocycles. The normalized spacial score (nSPS) is 11.7. The standard InChI is InChI=1S/C44H29N5O2/c1-26-20-37-43(45-24-26)50-41(47-37)30-12-8-28(9-13-30)32-16-18-39-35(22-32)36-23-33(17-19-40(36)49(39)34-6-4-3-5-7-34)29-10-14-31(15-11-29)42-48-38-21-27(2)25-46-44(38)51-42/h3-25H,1-2H3. The van der Waals surface area contributed by atoms with Gasteiger partial charge in [0.15, 0.2) is 0 Å². The summed E-state index contributed by atoms with van der Waals surface area (Å²) in [6.45, 7) is 4.01. The van der Waals surface area contributed by atoms with Crippen LogP contribution in [0, 0.1) is 13.8 Å². The molecule has 0 saturated heterocycles. The number of aromatic nitrogens is 5. The number of pyridine rings is 2. The smallest absolute Gasteiger partial charge is 0.247 e. The van der Waals surface area contributed by atoms with E-state index in [1.54, 1.807) is 12.4 Å². The van der Waals surface area contributed by atoms with Gasteiger partial charge in [0, 0.05) is 40.0 Å². The molecular weight excluding hydrogens is 631 g/mol. The molecule has 0 N–H and O–H groups in total. The number of aryl methyl sites for hydroxylation is 2. The molecule has 0 fully saturated rings. The lowest BCUT2D eigenvalue weighted by atomic mass is 9.99. The van der Waals surface area contributed by atoms with Crippen molar-refractivity contribution < 1.29 is 8.83 Å². The second-order valence-corrected chi connectivity index (χ2v) is 13.0. The summed E-state index contributed by atoms with van der Waals surface area (Å²) in [6, 6.07) is 44.7. The Bertz CT molecular complexity index is 2740. The number of oxazole rings is 2. The molecule has 0 atom stereocenters. The molecule has 5 aromatic heterocycles. The van der Waals surface area contributed by atoms with Crippen LogP contribution in [0.4, 0.5) is 0 Å². The molecule has 0 aliphatic rings. The predicted molar refractivity (Wildman–Crippen MR) is 203 cm³/mol. The van der Waals surface area contributed by atoms with Crippen LogP contribution in [0.3, 0.4) is 0 Å². The van der Waals surface area contributed by atoms with Crippen LogP contribution >= 0.6 is 0 Å². The van der Waals surface area contributed by atoms with Gasteiger partial charge >= 0.3 is 0 Å². The van der Waals surface area contributed by atoms with Crippen molar-refractivity contribution in [3.63, 3.8) is 0 Å². The van der Waals surface area contributed by atoms with E-state index in [2.05, 4.69) is 140 Å². The molecular formula is C44H29N5O2. The fourth-order valence-electron chi connectivity index (χ4n) is 6.94. The van der Waals surface area contributed by atoms with Gasteiger partial charge in [0.05, 0.1) is 11.0 Å². The Hall–Kier alpha value is -6.86. The van der Waals surface area contributed by atoms with Crippen molar-refractivity contribution in [1.29, 1.82) is 0 Å². The Kier molecular flexibility index (Phi) is 6.48. The summed E-state index contributed by atoms with van der Waals surface area (Å²) in [5.74, 6) is 1.13. The van der Waals surface area contributed by atoms with E-state index in [0.29, 0.717) is 23.2 Å². The molecule has 0 aliphatic carbocycles. The largest absolute Gasteiger partial charge is 0.418 e. The van der Waals surface area contributed by atoms with Gasteiger partial charge < -0.3 is 13.4 Å². The van der Waals surface area contributed by atoms with E-state index >= 15 is 0 Å². The lowest BCUT2D eigenvalue weighted by Crippen LogP contribution is -1.93. The van der Waals surface area contributed by atoms with Gasteiger partial charge in [-0.1, -0.05) is 54.6 Å². The molecule has 0 saturated carbocycles. The van der Waals surface area contributed by atoms with E-state index in [1.165, 1.54) is 10.8 Å². The number of rotatable bonds is 5. The third kappa shape index (κ3) is 4.98.